The van der Waals surface area contributed by atoms with Crippen molar-refractivity contribution in [3.63, 3.8) is 0 Å². The highest BCUT2D eigenvalue weighted by atomic mass is 16.3. The minimum atomic E-state index is -0.127. The number of carbonyl (C=O) groups excluding carboxylic acids is 1. The molecule has 2 atom stereocenters. The summed E-state index contributed by atoms with van der Waals surface area (Å²) in [5.74, 6) is 0.257. The average Bonchev–Trinajstić information content (AvgIpc) is 2.86. The summed E-state index contributed by atoms with van der Waals surface area (Å²) >= 11 is 0. The van der Waals surface area contributed by atoms with Gasteiger partial charge in [0, 0.05) is 25.2 Å². The number of hydrogen-bond donors (Lipinski definition) is 1. The van der Waals surface area contributed by atoms with E-state index >= 15 is 0 Å². The van der Waals surface area contributed by atoms with E-state index in [0.717, 1.165) is 6.54 Å². The van der Waals surface area contributed by atoms with E-state index in [1.54, 1.807) is 12.1 Å². The van der Waals surface area contributed by atoms with Crippen molar-refractivity contribution < 1.29 is 9.21 Å². The first-order chi connectivity index (χ1) is 8.68. The molecule has 2 heterocycles. The first kappa shape index (κ1) is 13.1. The van der Waals surface area contributed by atoms with Crippen molar-refractivity contribution in [1.82, 2.24) is 10.2 Å². The first-order valence-electron chi connectivity index (χ1n) is 6.76. The highest BCUT2D eigenvalue weighted by Crippen LogP contribution is 2.21. The fourth-order valence-electron chi connectivity index (χ4n) is 2.71. The van der Waals surface area contributed by atoms with Crippen LogP contribution in [0.5, 0.6) is 0 Å². The van der Waals surface area contributed by atoms with Crippen molar-refractivity contribution in [2.24, 2.45) is 0 Å². The molecule has 0 saturated carbocycles. The van der Waals surface area contributed by atoms with E-state index in [9.17, 15) is 4.79 Å². The summed E-state index contributed by atoms with van der Waals surface area (Å²) in [4.78, 5) is 14.2. The van der Waals surface area contributed by atoms with Gasteiger partial charge in [-0.25, -0.2) is 0 Å². The molecule has 0 aromatic carbocycles. The monoisotopic (exact) mass is 250 g/mol. The number of furan rings is 1. The molecule has 0 radical (unpaired) electrons. The Balaban J connectivity index is 1.76. The van der Waals surface area contributed by atoms with Crippen molar-refractivity contribution in [3.8, 4) is 0 Å². The molecule has 0 unspecified atom stereocenters. The first-order valence-corrected chi connectivity index (χ1v) is 6.76. The lowest BCUT2D eigenvalue weighted by Gasteiger charge is -2.38. The zero-order valence-electron chi connectivity index (χ0n) is 11.2. The maximum Gasteiger partial charge on any atom is 0.287 e. The van der Waals surface area contributed by atoms with E-state index in [1.165, 1.54) is 25.5 Å². The third-order valence-corrected chi connectivity index (χ3v) is 3.78. The second-order valence-corrected chi connectivity index (χ2v) is 5.10. The third-order valence-electron chi connectivity index (χ3n) is 3.78. The standard InChI is InChI=1S/C14H22N2O2/c1-11-5-3-6-12(2)16(11)9-8-15-14(17)13-7-4-10-18-13/h4,7,10-12H,3,5-6,8-9H2,1-2H3,(H,15,17)/t11-,12-/m0/s1. The Bertz CT molecular complexity index is 365. The van der Waals surface area contributed by atoms with Gasteiger partial charge in [0.15, 0.2) is 5.76 Å². The van der Waals surface area contributed by atoms with Crippen LogP contribution in [-0.2, 0) is 0 Å². The van der Waals surface area contributed by atoms with Crippen molar-refractivity contribution in [2.45, 2.75) is 45.2 Å². The highest BCUT2D eigenvalue weighted by molar-refractivity contribution is 5.91. The van der Waals surface area contributed by atoms with E-state index in [4.69, 9.17) is 4.42 Å². The number of likely N-dealkylation sites (tertiary alicyclic amines) is 1. The Labute approximate surface area is 108 Å². The molecule has 1 aromatic heterocycles. The molecule has 1 amide bonds. The molecule has 4 nitrogen and oxygen atoms in total. The van der Waals surface area contributed by atoms with Crippen LogP contribution in [0.4, 0.5) is 0 Å². The van der Waals surface area contributed by atoms with Gasteiger partial charge in [-0.1, -0.05) is 6.42 Å². The second kappa shape index (κ2) is 6.05. The molecule has 1 aliphatic heterocycles. The number of piperidine rings is 1. The minimum Gasteiger partial charge on any atom is -0.459 e. The predicted octanol–water partition coefficient (Wildman–Crippen LogP) is 2.27. The molecule has 1 N–H and O–H groups in total. The normalized spacial score (nSPS) is 25.0. The van der Waals surface area contributed by atoms with E-state index in [1.807, 2.05) is 0 Å². The average molecular weight is 250 g/mol. The fraction of sp³-hybridized carbons (Fsp3) is 0.643. The van der Waals surface area contributed by atoms with Crippen molar-refractivity contribution in [1.29, 1.82) is 0 Å². The molecule has 1 aliphatic rings. The van der Waals surface area contributed by atoms with Gasteiger partial charge in [0.2, 0.25) is 0 Å². The number of nitrogens with zero attached hydrogens (tertiary/aromatic N) is 1. The van der Waals surface area contributed by atoms with Crippen LogP contribution in [0, 0.1) is 0 Å². The summed E-state index contributed by atoms with van der Waals surface area (Å²) in [6, 6.07) is 4.65. The Morgan fingerprint density at radius 2 is 2.17 bits per heavy atom. The molecule has 0 spiro atoms. The summed E-state index contributed by atoms with van der Waals surface area (Å²) in [5, 5.41) is 2.90. The SMILES string of the molecule is C[C@H]1CCC[C@H](C)N1CCNC(=O)c1ccco1. The van der Waals surface area contributed by atoms with E-state index in [0.29, 0.717) is 24.4 Å². The van der Waals surface area contributed by atoms with Crippen molar-refractivity contribution in [3.05, 3.63) is 24.2 Å². The van der Waals surface area contributed by atoms with E-state index < -0.39 is 0 Å². The predicted molar refractivity (Wildman–Crippen MR) is 70.5 cm³/mol. The number of carbonyl (C=O) groups is 1. The van der Waals surface area contributed by atoms with Crippen LogP contribution < -0.4 is 5.32 Å². The lowest BCUT2D eigenvalue weighted by Crippen LogP contribution is -2.47. The number of amides is 1. The molecule has 18 heavy (non-hydrogen) atoms. The number of hydrogen-bond acceptors (Lipinski definition) is 3. The van der Waals surface area contributed by atoms with Gasteiger partial charge in [0.25, 0.3) is 5.91 Å². The molecular weight excluding hydrogens is 228 g/mol. The van der Waals surface area contributed by atoms with Gasteiger partial charge in [0.1, 0.15) is 0 Å². The van der Waals surface area contributed by atoms with Gasteiger partial charge in [-0.05, 0) is 38.8 Å². The zero-order chi connectivity index (χ0) is 13.0. The lowest BCUT2D eigenvalue weighted by molar-refractivity contribution is 0.0867. The molecule has 1 aromatic rings. The van der Waals surface area contributed by atoms with E-state index in [2.05, 4.69) is 24.1 Å². The van der Waals surface area contributed by atoms with Gasteiger partial charge >= 0.3 is 0 Å². The molecular formula is C14H22N2O2. The Kier molecular flexibility index (Phi) is 4.42. The smallest absolute Gasteiger partial charge is 0.287 e. The Morgan fingerprint density at radius 1 is 1.44 bits per heavy atom. The summed E-state index contributed by atoms with van der Waals surface area (Å²) in [5.41, 5.74) is 0. The zero-order valence-corrected chi connectivity index (χ0v) is 11.2. The van der Waals surface area contributed by atoms with Gasteiger partial charge in [-0.15, -0.1) is 0 Å². The Hall–Kier alpha value is -1.29. The van der Waals surface area contributed by atoms with Crippen LogP contribution in [0.15, 0.2) is 22.8 Å². The third kappa shape index (κ3) is 3.13. The summed E-state index contributed by atoms with van der Waals surface area (Å²) in [6.07, 6.45) is 5.36. The fourth-order valence-corrected chi connectivity index (χ4v) is 2.71. The largest absolute Gasteiger partial charge is 0.459 e. The van der Waals surface area contributed by atoms with Crippen LogP contribution in [0.25, 0.3) is 0 Å². The van der Waals surface area contributed by atoms with Crippen LogP contribution in [0.1, 0.15) is 43.7 Å². The second-order valence-electron chi connectivity index (χ2n) is 5.10. The summed E-state index contributed by atoms with van der Waals surface area (Å²) < 4.78 is 5.05. The maximum atomic E-state index is 11.7. The lowest BCUT2D eigenvalue weighted by atomic mass is 9.98. The van der Waals surface area contributed by atoms with Gasteiger partial charge < -0.3 is 9.73 Å². The molecule has 4 heteroatoms. The molecule has 0 aliphatic carbocycles. The molecule has 1 fully saturated rings. The number of rotatable bonds is 4. The molecule has 1 saturated heterocycles. The van der Waals surface area contributed by atoms with Crippen LogP contribution in [0.3, 0.4) is 0 Å². The summed E-state index contributed by atoms with van der Waals surface area (Å²) in [7, 11) is 0. The molecule has 0 bridgehead atoms. The van der Waals surface area contributed by atoms with Gasteiger partial charge in [-0.3, -0.25) is 9.69 Å². The Morgan fingerprint density at radius 3 is 2.78 bits per heavy atom. The molecule has 2 rings (SSSR count). The highest BCUT2D eigenvalue weighted by Gasteiger charge is 2.24. The molecule has 100 valence electrons. The maximum absolute atomic E-state index is 11.7. The van der Waals surface area contributed by atoms with Crippen LogP contribution in [-0.4, -0.2) is 36.0 Å². The van der Waals surface area contributed by atoms with E-state index in [-0.39, 0.29) is 5.91 Å². The van der Waals surface area contributed by atoms with Gasteiger partial charge in [0.05, 0.1) is 6.26 Å². The summed E-state index contributed by atoms with van der Waals surface area (Å²) in [6.45, 7) is 6.12. The van der Waals surface area contributed by atoms with Crippen LogP contribution >= 0.6 is 0 Å². The number of nitrogens with one attached hydrogen (secondary N) is 1. The van der Waals surface area contributed by atoms with Gasteiger partial charge in [-0.2, -0.15) is 0 Å². The minimum absolute atomic E-state index is 0.127. The quantitative estimate of drug-likeness (QED) is 0.891. The van der Waals surface area contributed by atoms with Crippen molar-refractivity contribution in [2.75, 3.05) is 13.1 Å². The topological polar surface area (TPSA) is 45.5 Å². The van der Waals surface area contributed by atoms with Crippen LogP contribution in [0.2, 0.25) is 0 Å². The van der Waals surface area contributed by atoms with Crippen molar-refractivity contribution >= 4 is 5.91 Å².